The summed E-state index contributed by atoms with van der Waals surface area (Å²) in [5, 5.41) is 3.43. The first-order valence-electron chi connectivity index (χ1n) is 6.19. The number of hydrogen-bond donors (Lipinski definition) is 1. The molecule has 0 aliphatic heterocycles. The third-order valence-corrected chi connectivity index (χ3v) is 2.96. The first kappa shape index (κ1) is 14.4. The van der Waals surface area contributed by atoms with E-state index in [0.717, 1.165) is 0 Å². The highest BCUT2D eigenvalue weighted by Crippen LogP contribution is 2.22. The Morgan fingerprint density at radius 1 is 1.15 bits per heavy atom. The molecule has 0 saturated carbocycles. The summed E-state index contributed by atoms with van der Waals surface area (Å²) in [7, 11) is 0. The molecule has 103 valence electrons. The third kappa shape index (κ3) is 3.75. The normalized spacial score (nSPS) is 10.9. The van der Waals surface area contributed by atoms with E-state index in [9.17, 15) is 4.79 Å². The van der Waals surface area contributed by atoms with Crippen LogP contribution in [0.5, 0.6) is 5.75 Å². The number of benzene rings is 2. The van der Waals surface area contributed by atoms with Crippen molar-refractivity contribution in [2.24, 2.45) is 0 Å². The second-order valence-corrected chi connectivity index (χ2v) is 5.25. The van der Waals surface area contributed by atoms with Gasteiger partial charge < -0.3 is 10.1 Å². The quantitative estimate of drug-likeness (QED) is 0.925. The Hall–Kier alpha value is -2.00. The van der Waals surface area contributed by atoms with Crippen molar-refractivity contribution in [1.29, 1.82) is 0 Å². The van der Waals surface area contributed by atoms with Crippen LogP contribution in [0.25, 0.3) is 0 Å². The van der Waals surface area contributed by atoms with Gasteiger partial charge in [0.05, 0.1) is 0 Å². The van der Waals surface area contributed by atoms with Gasteiger partial charge in [-0.25, -0.2) is 0 Å². The second kappa shape index (κ2) is 5.97. The molecule has 0 bridgehead atoms. The minimum absolute atomic E-state index is 0.223. The van der Waals surface area contributed by atoms with Crippen molar-refractivity contribution in [2.75, 3.05) is 5.32 Å². The smallest absolute Gasteiger partial charge is 0.267 e. The van der Waals surface area contributed by atoms with Crippen LogP contribution in [0.15, 0.2) is 48.5 Å². The molecule has 2 aromatic rings. The molecule has 3 nitrogen and oxygen atoms in total. The number of rotatable bonds is 4. The highest BCUT2D eigenvalue weighted by Gasteiger charge is 2.30. The fraction of sp³-hybridized carbons (Fsp3) is 0.188. The largest absolute Gasteiger partial charge is 0.478 e. The number of hydrogen-bond acceptors (Lipinski definition) is 2. The van der Waals surface area contributed by atoms with E-state index in [1.165, 1.54) is 0 Å². The summed E-state index contributed by atoms with van der Waals surface area (Å²) in [5.41, 5.74) is -0.283. The molecule has 0 unspecified atom stereocenters. The van der Waals surface area contributed by atoms with Gasteiger partial charge in [-0.3, -0.25) is 4.79 Å². The Labute approximate surface area is 123 Å². The van der Waals surface area contributed by atoms with Crippen LogP contribution < -0.4 is 10.1 Å². The molecule has 1 amide bonds. The Morgan fingerprint density at radius 2 is 1.75 bits per heavy atom. The third-order valence-electron chi connectivity index (χ3n) is 2.71. The SMILES string of the molecule is CC(C)(Oc1ccc(Cl)cc1)C(=O)Nc1cc[c]cc1. The summed E-state index contributed by atoms with van der Waals surface area (Å²) in [4.78, 5) is 12.2. The molecular weight excluding hydrogens is 274 g/mol. The lowest BCUT2D eigenvalue weighted by atomic mass is 10.1. The van der Waals surface area contributed by atoms with Crippen molar-refractivity contribution >= 4 is 23.2 Å². The summed E-state index contributed by atoms with van der Waals surface area (Å²) in [6.07, 6.45) is 0. The lowest BCUT2D eigenvalue weighted by molar-refractivity contribution is -0.128. The molecule has 0 aliphatic rings. The zero-order chi connectivity index (χ0) is 14.6. The molecule has 1 N–H and O–H groups in total. The molecule has 2 rings (SSSR count). The van der Waals surface area contributed by atoms with Crippen molar-refractivity contribution in [3.63, 3.8) is 0 Å². The Morgan fingerprint density at radius 3 is 2.35 bits per heavy atom. The van der Waals surface area contributed by atoms with Crippen LogP contribution in [-0.4, -0.2) is 11.5 Å². The maximum Gasteiger partial charge on any atom is 0.267 e. The minimum atomic E-state index is -0.993. The van der Waals surface area contributed by atoms with Crippen molar-refractivity contribution in [3.8, 4) is 5.75 Å². The van der Waals surface area contributed by atoms with Crippen LogP contribution in [0.3, 0.4) is 0 Å². The summed E-state index contributed by atoms with van der Waals surface area (Å²) in [5.74, 6) is 0.370. The van der Waals surface area contributed by atoms with Crippen LogP contribution in [0.4, 0.5) is 5.69 Å². The maximum atomic E-state index is 12.2. The van der Waals surface area contributed by atoms with Gasteiger partial charge >= 0.3 is 0 Å². The summed E-state index contributed by atoms with van der Waals surface area (Å²) < 4.78 is 5.71. The molecule has 0 fully saturated rings. The lowest BCUT2D eigenvalue weighted by Crippen LogP contribution is -2.42. The maximum absolute atomic E-state index is 12.2. The van der Waals surface area contributed by atoms with Gasteiger partial charge in [0.15, 0.2) is 5.60 Å². The highest BCUT2D eigenvalue weighted by molar-refractivity contribution is 6.30. The van der Waals surface area contributed by atoms with Gasteiger partial charge in [0.25, 0.3) is 5.91 Å². The average molecular weight is 289 g/mol. The van der Waals surface area contributed by atoms with Crippen LogP contribution >= 0.6 is 11.6 Å². The van der Waals surface area contributed by atoms with E-state index in [4.69, 9.17) is 16.3 Å². The number of amides is 1. The summed E-state index contributed by atoms with van der Waals surface area (Å²) in [6.45, 7) is 3.43. The molecule has 0 aliphatic carbocycles. The van der Waals surface area contributed by atoms with Crippen LogP contribution in [0.2, 0.25) is 5.02 Å². The monoisotopic (exact) mass is 288 g/mol. The number of carbonyl (C=O) groups is 1. The van der Waals surface area contributed by atoms with E-state index in [1.54, 1.807) is 62.4 Å². The van der Waals surface area contributed by atoms with Gasteiger partial charge in [0.1, 0.15) is 5.75 Å². The fourth-order valence-electron chi connectivity index (χ4n) is 1.60. The van der Waals surface area contributed by atoms with Gasteiger partial charge in [-0.2, -0.15) is 0 Å². The molecule has 2 aromatic carbocycles. The number of anilines is 1. The Balaban J connectivity index is 2.05. The zero-order valence-corrected chi connectivity index (χ0v) is 12.1. The van der Waals surface area contributed by atoms with E-state index in [1.807, 2.05) is 0 Å². The summed E-state index contributed by atoms with van der Waals surface area (Å²) >= 11 is 5.81. The minimum Gasteiger partial charge on any atom is -0.478 e. The van der Waals surface area contributed by atoms with E-state index in [0.29, 0.717) is 16.5 Å². The number of carbonyl (C=O) groups excluding carboxylic acids is 1. The highest BCUT2D eigenvalue weighted by atomic mass is 35.5. The first-order valence-corrected chi connectivity index (χ1v) is 6.57. The molecule has 0 saturated heterocycles. The standard InChI is InChI=1S/C16H15ClNO2/c1-16(2,20-14-10-8-12(17)9-11-14)15(19)18-13-6-4-3-5-7-13/h4-11H,1-2H3,(H,18,19). The molecule has 0 aromatic heterocycles. The van der Waals surface area contributed by atoms with Gasteiger partial charge in [0, 0.05) is 10.7 Å². The Bertz CT molecular complexity index is 579. The molecule has 0 atom stereocenters. The molecule has 20 heavy (non-hydrogen) atoms. The topological polar surface area (TPSA) is 38.3 Å². The summed E-state index contributed by atoms with van der Waals surface area (Å²) in [6, 6.07) is 16.8. The first-order chi connectivity index (χ1) is 9.47. The van der Waals surface area contributed by atoms with Crippen LogP contribution in [0, 0.1) is 6.07 Å². The molecule has 0 spiro atoms. The lowest BCUT2D eigenvalue weighted by Gasteiger charge is -2.25. The molecular formula is C16H15ClNO2. The predicted molar refractivity (Wildman–Crippen MR) is 80.1 cm³/mol. The Kier molecular flexibility index (Phi) is 4.30. The van der Waals surface area contributed by atoms with Gasteiger partial charge in [-0.15, -0.1) is 0 Å². The predicted octanol–water partition coefficient (Wildman–Crippen LogP) is 3.94. The number of nitrogens with one attached hydrogen (secondary N) is 1. The van der Waals surface area contributed by atoms with E-state index < -0.39 is 5.60 Å². The van der Waals surface area contributed by atoms with Gasteiger partial charge in [-0.1, -0.05) is 23.7 Å². The van der Waals surface area contributed by atoms with Crippen molar-refractivity contribution in [2.45, 2.75) is 19.4 Å². The van der Waals surface area contributed by atoms with Gasteiger partial charge in [0.2, 0.25) is 0 Å². The van der Waals surface area contributed by atoms with E-state index in [2.05, 4.69) is 11.4 Å². The van der Waals surface area contributed by atoms with E-state index in [-0.39, 0.29) is 5.91 Å². The van der Waals surface area contributed by atoms with Crippen LogP contribution in [-0.2, 0) is 4.79 Å². The second-order valence-electron chi connectivity index (χ2n) is 4.81. The average Bonchev–Trinajstić information content (AvgIpc) is 2.42. The van der Waals surface area contributed by atoms with Crippen molar-refractivity contribution in [3.05, 3.63) is 59.6 Å². The van der Waals surface area contributed by atoms with Crippen LogP contribution in [0.1, 0.15) is 13.8 Å². The number of halogens is 1. The number of ether oxygens (including phenoxy) is 1. The van der Waals surface area contributed by atoms with Gasteiger partial charge in [-0.05, 0) is 56.3 Å². The zero-order valence-electron chi connectivity index (χ0n) is 11.3. The molecule has 0 heterocycles. The van der Waals surface area contributed by atoms with E-state index >= 15 is 0 Å². The van der Waals surface area contributed by atoms with Crippen molar-refractivity contribution < 1.29 is 9.53 Å². The van der Waals surface area contributed by atoms with Crippen molar-refractivity contribution in [1.82, 2.24) is 0 Å². The molecule has 1 radical (unpaired) electrons. The fourth-order valence-corrected chi connectivity index (χ4v) is 1.72. The molecule has 4 heteroatoms.